The molecular formula is C44H29N3O. The molecule has 10 rings (SSSR count). The molecule has 4 nitrogen and oxygen atoms in total. The zero-order chi connectivity index (χ0) is 32.0. The second-order valence-corrected chi connectivity index (χ2v) is 13.2. The lowest BCUT2D eigenvalue weighted by atomic mass is 9.79. The molecule has 0 amide bonds. The van der Waals surface area contributed by atoms with Crippen LogP contribution in [0.15, 0.2) is 144 Å². The van der Waals surface area contributed by atoms with E-state index in [9.17, 15) is 0 Å². The molecule has 226 valence electrons. The number of para-hydroxylation sites is 1. The van der Waals surface area contributed by atoms with Crippen molar-refractivity contribution in [2.24, 2.45) is 0 Å². The summed E-state index contributed by atoms with van der Waals surface area (Å²) in [5, 5.41) is 7.04. The van der Waals surface area contributed by atoms with Crippen molar-refractivity contribution in [3.8, 4) is 45.3 Å². The fourth-order valence-corrected chi connectivity index (χ4v) is 7.78. The fourth-order valence-electron chi connectivity index (χ4n) is 7.78. The molecule has 0 saturated heterocycles. The maximum Gasteiger partial charge on any atom is 0.164 e. The molecule has 0 fully saturated rings. The van der Waals surface area contributed by atoms with E-state index in [1.807, 2.05) is 24.3 Å². The maximum atomic E-state index is 6.59. The van der Waals surface area contributed by atoms with Crippen LogP contribution in [0, 0.1) is 0 Å². The van der Waals surface area contributed by atoms with Crippen LogP contribution in [0.4, 0.5) is 0 Å². The highest BCUT2D eigenvalue weighted by Crippen LogP contribution is 2.56. The van der Waals surface area contributed by atoms with Gasteiger partial charge in [-0.3, -0.25) is 0 Å². The average Bonchev–Trinajstić information content (AvgIpc) is 3.64. The highest BCUT2D eigenvalue weighted by molar-refractivity contribution is 6.23. The van der Waals surface area contributed by atoms with Gasteiger partial charge in [0.25, 0.3) is 0 Å². The van der Waals surface area contributed by atoms with Crippen molar-refractivity contribution in [1.82, 2.24) is 15.0 Å². The van der Waals surface area contributed by atoms with E-state index < -0.39 is 0 Å². The number of nitrogens with zero attached hydrogens (tertiary/aromatic N) is 3. The van der Waals surface area contributed by atoms with Gasteiger partial charge in [0.1, 0.15) is 11.2 Å². The lowest BCUT2D eigenvalue weighted by Gasteiger charge is -2.23. The predicted molar refractivity (Wildman–Crippen MR) is 196 cm³/mol. The number of hydrogen-bond acceptors (Lipinski definition) is 4. The van der Waals surface area contributed by atoms with Gasteiger partial charge in [0, 0.05) is 38.3 Å². The fraction of sp³-hybridized carbons (Fsp3) is 0.0682. The average molecular weight is 616 g/mol. The van der Waals surface area contributed by atoms with Gasteiger partial charge >= 0.3 is 0 Å². The lowest BCUT2D eigenvalue weighted by molar-refractivity contribution is 0.659. The van der Waals surface area contributed by atoms with E-state index in [4.69, 9.17) is 19.4 Å². The Balaban J connectivity index is 1.21. The number of rotatable bonds is 3. The Labute approximate surface area is 277 Å². The van der Waals surface area contributed by atoms with Crippen LogP contribution in [0.5, 0.6) is 0 Å². The lowest BCUT2D eigenvalue weighted by Crippen LogP contribution is -2.15. The summed E-state index contributed by atoms with van der Waals surface area (Å²) >= 11 is 0. The summed E-state index contributed by atoms with van der Waals surface area (Å²) in [6.07, 6.45) is 0. The van der Waals surface area contributed by atoms with Gasteiger partial charge in [0.15, 0.2) is 17.5 Å². The Hall–Kier alpha value is -6.13. The molecule has 7 aromatic carbocycles. The van der Waals surface area contributed by atoms with Crippen molar-refractivity contribution in [3.63, 3.8) is 0 Å². The van der Waals surface area contributed by atoms with E-state index in [0.717, 1.165) is 44.0 Å². The van der Waals surface area contributed by atoms with Crippen molar-refractivity contribution in [3.05, 3.63) is 151 Å². The Kier molecular flexibility index (Phi) is 5.59. The Morgan fingerprint density at radius 1 is 0.500 bits per heavy atom. The van der Waals surface area contributed by atoms with Gasteiger partial charge in [-0.2, -0.15) is 0 Å². The summed E-state index contributed by atoms with van der Waals surface area (Å²) in [5.74, 6) is 1.97. The molecule has 48 heavy (non-hydrogen) atoms. The van der Waals surface area contributed by atoms with E-state index in [1.54, 1.807) is 0 Å². The van der Waals surface area contributed by atoms with Crippen molar-refractivity contribution in [2.75, 3.05) is 0 Å². The second kappa shape index (κ2) is 9.93. The minimum absolute atomic E-state index is 0.300. The third-order valence-electron chi connectivity index (χ3n) is 10.1. The molecule has 1 aliphatic carbocycles. The van der Waals surface area contributed by atoms with Crippen LogP contribution in [0.25, 0.3) is 88.8 Å². The zero-order valence-corrected chi connectivity index (χ0v) is 26.5. The number of hydrogen-bond donors (Lipinski definition) is 0. The van der Waals surface area contributed by atoms with Gasteiger partial charge in [0.05, 0.1) is 0 Å². The molecule has 0 atom stereocenters. The predicted octanol–water partition coefficient (Wildman–Crippen LogP) is 11.4. The summed E-state index contributed by atoms with van der Waals surface area (Å²) in [5.41, 5.74) is 9.55. The molecule has 4 heteroatoms. The van der Waals surface area contributed by atoms with Crippen molar-refractivity contribution >= 4 is 43.5 Å². The second-order valence-electron chi connectivity index (χ2n) is 13.2. The summed E-state index contributed by atoms with van der Waals surface area (Å²) in [4.78, 5) is 15.2. The number of aromatic nitrogens is 3. The van der Waals surface area contributed by atoms with Gasteiger partial charge in [-0.25, -0.2) is 15.0 Å². The highest BCUT2D eigenvalue weighted by atomic mass is 16.3. The minimum atomic E-state index is -0.300. The van der Waals surface area contributed by atoms with Crippen molar-refractivity contribution < 1.29 is 4.42 Å². The molecule has 0 radical (unpaired) electrons. The molecule has 2 heterocycles. The largest absolute Gasteiger partial charge is 0.455 e. The van der Waals surface area contributed by atoms with Crippen LogP contribution < -0.4 is 0 Å². The van der Waals surface area contributed by atoms with Gasteiger partial charge < -0.3 is 4.42 Å². The SMILES string of the molecule is CC1(C)c2cc(-c3nc(-c4ccccc4)nc(-c4ccc5ccccc5c4)n3)ccc2-c2c1c1c3ccccc3oc1c1ccccc21. The Bertz CT molecular complexity index is 2760. The van der Waals surface area contributed by atoms with Crippen LogP contribution in [0.3, 0.4) is 0 Å². The van der Waals surface area contributed by atoms with E-state index in [1.165, 1.54) is 38.4 Å². The Morgan fingerprint density at radius 3 is 1.90 bits per heavy atom. The first kappa shape index (κ1) is 27.0. The molecular weight excluding hydrogens is 587 g/mol. The molecule has 0 unspecified atom stereocenters. The van der Waals surface area contributed by atoms with Crippen molar-refractivity contribution in [2.45, 2.75) is 19.3 Å². The smallest absolute Gasteiger partial charge is 0.164 e. The van der Waals surface area contributed by atoms with Crippen LogP contribution in [0.1, 0.15) is 25.0 Å². The van der Waals surface area contributed by atoms with Gasteiger partial charge in [-0.05, 0) is 56.6 Å². The van der Waals surface area contributed by atoms with Gasteiger partial charge in [-0.15, -0.1) is 0 Å². The summed E-state index contributed by atoms with van der Waals surface area (Å²) < 4.78 is 6.59. The highest BCUT2D eigenvalue weighted by Gasteiger charge is 2.40. The minimum Gasteiger partial charge on any atom is -0.455 e. The number of fused-ring (bicyclic) bond motifs is 11. The molecule has 0 N–H and O–H groups in total. The molecule has 0 aliphatic heterocycles. The molecule has 0 saturated carbocycles. The zero-order valence-electron chi connectivity index (χ0n) is 26.5. The Morgan fingerprint density at radius 2 is 1.10 bits per heavy atom. The summed E-state index contributed by atoms with van der Waals surface area (Å²) in [6, 6.07) is 48.7. The van der Waals surface area contributed by atoms with E-state index in [2.05, 4.69) is 129 Å². The molecule has 9 aromatic rings. The molecule has 0 spiro atoms. The van der Waals surface area contributed by atoms with E-state index in [0.29, 0.717) is 17.5 Å². The molecule has 2 aromatic heterocycles. The number of furan rings is 1. The monoisotopic (exact) mass is 615 g/mol. The first-order valence-corrected chi connectivity index (χ1v) is 16.4. The van der Waals surface area contributed by atoms with Crippen LogP contribution >= 0.6 is 0 Å². The van der Waals surface area contributed by atoms with E-state index in [-0.39, 0.29) is 5.41 Å². The maximum absolute atomic E-state index is 6.59. The first-order valence-electron chi connectivity index (χ1n) is 16.4. The quantitative estimate of drug-likeness (QED) is 0.198. The standard InChI is InChI=1S/C44H29N3O/c1-44(2)35-25-30(22-23-33(35)37-31-16-8-9-17-32(31)40-38(39(37)44)34-18-10-11-19-36(34)48-40)43-46-41(27-13-4-3-5-14-27)45-42(47-43)29-21-20-26-12-6-7-15-28(26)24-29/h3-25H,1-2H3. The van der Waals surface area contributed by atoms with Gasteiger partial charge in [0.2, 0.25) is 0 Å². The summed E-state index contributed by atoms with van der Waals surface area (Å²) in [7, 11) is 0. The topological polar surface area (TPSA) is 51.8 Å². The van der Waals surface area contributed by atoms with Crippen molar-refractivity contribution in [1.29, 1.82) is 0 Å². The first-order chi connectivity index (χ1) is 23.5. The molecule has 1 aliphatic rings. The van der Waals surface area contributed by atoms with Crippen LogP contribution in [0.2, 0.25) is 0 Å². The van der Waals surface area contributed by atoms with Gasteiger partial charge in [-0.1, -0.05) is 135 Å². The molecule has 0 bridgehead atoms. The summed E-state index contributed by atoms with van der Waals surface area (Å²) in [6.45, 7) is 4.67. The third kappa shape index (κ3) is 3.86. The normalized spacial score (nSPS) is 13.4. The van der Waals surface area contributed by atoms with Crippen LogP contribution in [-0.2, 0) is 5.41 Å². The third-order valence-corrected chi connectivity index (χ3v) is 10.1. The van der Waals surface area contributed by atoms with E-state index >= 15 is 0 Å². The number of benzene rings is 7. The van der Waals surface area contributed by atoms with Crippen LogP contribution in [-0.4, -0.2) is 15.0 Å².